The molecule has 19 heavy (non-hydrogen) atoms. The summed E-state index contributed by atoms with van der Waals surface area (Å²) in [4.78, 5) is 15.9. The van der Waals surface area contributed by atoms with Gasteiger partial charge in [-0.25, -0.2) is 0 Å². The first kappa shape index (κ1) is 12.0. The van der Waals surface area contributed by atoms with Crippen LogP contribution < -0.4 is 16.2 Å². The van der Waals surface area contributed by atoms with Gasteiger partial charge in [-0.05, 0) is 0 Å². The summed E-state index contributed by atoms with van der Waals surface area (Å²) in [5.74, 6) is 0.290. The Morgan fingerprint density at radius 1 is 1.37 bits per heavy atom. The summed E-state index contributed by atoms with van der Waals surface area (Å²) in [5, 5.41) is 1.79. The molecule has 2 heterocycles. The van der Waals surface area contributed by atoms with Gasteiger partial charge in [0.15, 0.2) is 0 Å². The van der Waals surface area contributed by atoms with E-state index >= 15 is 0 Å². The van der Waals surface area contributed by atoms with Crippen LogP contribution in [0.1, 0.15) is 9.23 Å². The predicted octanol–water partition coefficient (Wildman–Crippen LogP) is 1.13. The number of nitrogens with zero attached hydrogens (tertiary/aromatic N) is 1. The molecular weight excluding hydrogens is 309 g/mol. The molecule has 96 valence electrons. The second kappa shape index (κ2) is 4.26. The van der Waals surface area contributed by atoms with Crippen molar-refractivity contribution < 1.29 is 9.53 Å². The van der Waals surface area contributed by atoms with Crippen LogP contribution in [0.4, 0.5) is 5.69 Å². The molecule has 1 amide bonds. The Morgan fingerprint density at radius 2 is 2.16 bits per heavy atom. The van der Waals surface area contributed by atoms with E-state index in [9.17, 15) is 4.79 Å². The number of aromatic nitrogens is 1. The van der Waals surface area contributed by atoms with E-state index in [0.717, 1.165) is 26.4 Å². The average Bonchev–Trinajstić information content (AvgIpc) is 2.73. The standard InChI is InChI=1S/C13H11N3O2Se/c1-18-7-3-2-6-4-8-10(14)11(12(15)17)19-13(8)16-9(6)5-7/h2-5H,14H2,1H3,(H2,15,17). The van der Waals surface area contributed by atoms with Crippen molar-refractivity contribution in [2.24, 2.45) is 5.73 Å². The summed E-state index contributed by atoms with van der Waals surface area (Å²) in [6.45, 7) is 0. The molecule has 2 aromatic heterocycles. The predicted molar refractivity (Wildman–Crippen MR) is 75.7 cm³/mol. The first-order chi connectivity index (χ1) is 9.10. The first-order valence-electron chi connectivity index (χ1n) is 5.56. The van der Waals surface area contributed by atoms with Crippen LogP contribution in [-0.2, 0) is 0 Å². The van der Waals surface area contributed by atoms with Crippen molar-refractivity contribution in [1.29, 1.82) is 0 Å². The molecule has 0 saturated heterocycles. The number of anilines is 1. The number of benzene rings is 1. The van der Waals surface area contributed by atoms with Gasteiger partial charge in [-0.15, -0.1) is 0 Å². The van der Waals surface area contributed by atoms with Crippen LogP contribution in [0.15, 0.2) is 24.3 Å². The Labute approximate surface area is 114 Å². The van der Waals surface area contributed by atoms with Crippen molar-refractivity contribution >= 4 is 46.8 Å². The van der Waals surface area contributed by atoms with Crippen LogP contribution in [0.2, 0.25) is 0 Å². The van der Waals surface area contributed by atoms with Crippen LogP contribution in [-0.4, -0.2) is 32.5 Å². The third-order valence-corrected chi connectivity index (χ3v) is 5.32. The van der Waals surface area contributed by atoms with E-state index in [0.29, 0.717) is 10.1 Å². The molecule has 0 bridgehead atoms. The van der Waals surface area contributed by atoms with E-state index < -0.39 is 5.91 Å². The summed E-state index contributed by atoms with van der Waals surface area (Å²) >= 11 is -0.220. The van der Waals surface area contributed by atoms with E-state index in [-0.39, 0.29) is 14.5 Å². The van der Waals surface area contributed by atoms with Crippen molar-refractivity contribution in [2.75, 3.05) is 12.8 Å². The molecule has 0 spiro atoms. The minimum absolute atomic E-state index is 0.220. The molecule has 0 atom stereocenters. The molecule has 0 aliphatic carbocycles. The molecule has 0 fully saturated rings. The number of nitrogens with two attached hydrogens (primary N) is 2. The SMILES string of the molecule is COc1ccc2cc3c(N)c(C(N)=O)[se]c3nc2c1. The molecule has 0 unspecified atom stereocenters. The second-order valence-electron chi connectivity index (χ2n) is 4.11. The van der Waals surface area contributed by atoms with Gasteiger partial charge in [0.1, 0.15) is 0 Å². The maximum absolute atomic E-state index is 11.3. The fourth-order valence-electron chi connectivity index (χ4n) is 1.98. The number of carbonyl (C=O) groups excluding carboxylic acids is 1. The summed E-state index contributed by atoms with van der Waals surface area (Å²) in [6.07, 6.45) is 0. The molecule has 0 aliphatic rings. The van der Waals surface area contributed by atoms with Crippen molar-refractivity contribution in [2.45, 2.75) is 0 Å². The zero-order chi connectivity index (χ0) is 13.6. The Morgan fingerprint density at radius 3 is 2.84 bits per heavy atom. The summed E-state index contributed by atoms with van der Waals surface area (Å²) in [6, 6.07) is 7.60. The number of hydrogen-bond donors (Lipinski definition) is 2. The van der Waals surface area contributed by atoms with Crippen LogP contribution >= 0.6 is 0 Å². The molecular formula is C13H11N3O2Se. The number of nitrogen functional groups attached to an aromatic ring is 1. The summed E-state index contributed by atoms with van der Waals surface area (Å²) in [5.41, 5.74) is 12.6. The average molecular weight is 320 g/mol. The van der Waals surface area contributed by atoms with E-state index in [4.69, 9.17) is 16.2 Å². The van der Waals surface area contributed by atoms with Crippen LogP contribution in [0.25, 0.3) is 20.7 Å². The normalized spacial score (nSPS) is 11.0. The molecule has 0 aliphatic heterocycles. The number of hydrogen-bond acceptors (Lipinski definition) is 4. The Balaban J connectivity index is 2.35. The maximum atomic E-state index is 11.3. The van der Waals surface area contributed by atoms with Gasteiger partial charge < -0.3 is 0 Å². The monoisotopic (exact) mass is 321 g/mol. The second-order valence-corrected chi connectivity index (χ2v) is 6.20. The Bertz CT molecular complexity index is 810. The van der Waals surface area contributed by atoms with Crippen LogP contribution in [0.3, 0.4) is 0 Å². The molecule has 1 aromatic carbocycles. The number of ether oxygens (including phenoxy) is 1. The molecule has 4 N–H and O–H groups in total. The third-order valence-electron chi connectivity index (χ3n) is 2.95. The number of methoxy groups -OCH3 is 1. The van der Waals surface area contributed by atoms with Crippen molar-refractivity contribution in [3.05, 3.63) is 28.7 Å². The first-order valence-corrected chi connectivity index (χ1v) is 7.28. The van der Waals surface area contributed by atoms with Gasteiger partial charge in [-0.3, -0.25) is 0 Å². The number of primary amides is 1. The van der Waals surface area contributed by atoms with Gasteiger partial charge in [0.05, 0.1) is 0 Å². The number of carbonyl (C=O) groups is 1. The fraction of sp³-hybridized carbons (Fsp3) is 0.0769. The quantitative estimate of drug-likeness (QED) is 0.693. The van der Waals surface area contributed by atoms with Crippen LogP contribution in [0, 0.1) is 0 Å². The van der Waals surface area contributed by atoms with Gasteiger partial charge in [0, 0.05) is 0 Å². The molecule has 5 nitrogen and oxygen atoms in total. The molecule has 3 rings (SSSR count). The van der Waals surface area contributed by atoms with E-state index in [2.05, 4.69) is 4.98 Å². The van der Waals surface area contributed by atoms with E-state index in [1.807, 2.05) is 24.3 Å². The number of pyridine rings is 1. The van der Waals surface area contributed by atoms with Gasteiger partial charge in [0.2, 0.25) is 0 Å². The van der Waals surface area contributed by atoms with Gasteiger partial charge in [-0.2, -0.15) is 0 Å². The van der Waals surface area contributed by atoms with Gasteiger partial charge in [-0.1, -0.05) is 0 Å². The zero-order valence-corrected chi connectivity index (χ0v) is 11.8. The molecule has 0 saturated carbocycles. The van der Waals surface area contributed by atoms with Crippen LogP contribution in [0.5, 0.6) is 5.75 Å². The minimum atomic E-state index is -0.461. The summed E-state index contributed by atoms with van der Waals surface area (Å²) in [7, 11) is 1.61. The zero-order valence-electron chi connectivity index (χ0n) is 10.1. The van der Waals surface area contributed by atoms with Crippen molar-refractivity contribution in [3.8, 4) is 5.75 Å². The third kappa shape index (κ3) is 1.85. The van der Waals surface area contributed by atoms with Crippen molar-refractivity contribution in [3.63, 3.8) is 0 Å². The molecule has 0 radical (unpaired) electrons. The number of rotatable bonds is 2. The number of fused-ring (bicyclic) bond motifs is 2. The van der Waals surface area contributed by atoms with Gasteiger partial charge in [0.25, 0.3) is 0 Å². The Hall–Kier alpha value is -2.04. The van der Waals surface area contributed by atoms with Gasteiger partial charge >= 0.3 is 114 Å². The number of amides is 1. The fourth-order valence-corrected chi connectivity index (χ4v) is 3.95. The Kier molecular flexibility index (Phi) is 2.69. The summed E-state index contributed by atoms with van der Waals surface area (Å²) < 4.78 is 6.52. The van der Waals surface area contributed by atoms with Crippen molar-refractivity contribution in [1.82, 2.24) is 4.98 Å². The molecule has 6 heteroatoms. The van der Waals surface area contributed by atoms with E-state index in [1.165, 1.54) is 0 Å². The molecule has 3 aromatic rings. The topological polar surface area (TPSA) is 91.2 Å². The van der Waals surface area contributed by atoms with E-state index in [1.54, 1.807) is 7.11 Å².